The second-order valence-electron chi connectivity index (χ2n) is 8.06. The minimum Gasteiger partial charge on any atom is -0.338 e. The summed E-state index contributed by atoms with van der Waals surface area (Å²) in [6.45, 7) is 1.45. The zero-order valence-electron chi connectivity index (χ0n) is 18.7. The summed E-state index contributed by atoms with van der Waals surface area (Å²) >= 11 is 0. The Bertz CT molecular complexity index is 976. The summed E-state index contributed by atoms with van der Waals surface area (Å²) in [6.07, 6.45) is 0.849. The van der Waals surface area contributed by atoms with Gasteiger partial charge in [-0.05, 0) is 38.2 Å². The molecule has 0 aliphatic carbocycles. The lowest BCUT2D eigenvalue weighted by atomic mass is 9.81. The van der Waals surface area contributed by atoms with Crippen LogP contribution < -0.4 is 10.6 Å². The van der Waals surface area contributed by atoms with Gasteiger partial charge < -0.3 is 15.5 Å². The molecule has 5 heteroatoms. The van der Waals surface area contributed by atoms with Crippen molar-refractivity contribution in [2.75, 3.05) is 27.2 Å². The number of carbonyl (C=O) groups is 2. The lowest BCUT2D eigenvalue weighted by Gasteiger charge is -2.28. The maximum atomic E-state index is 13.7. The molecule has 2 unspecified atom stereocenters. The molecule has 3 aromatic carbocycles. The van der Waals surface area contributed by atoms with Crippen molar-refractivity contribution in [3.63, 3.8) is 0 Å². The molecular formula is C27H31N3O2. The van der Waals surface area contributed by atoms with E-state index < -0.39 is 12.0 Å². The predicted molar refractivity (Wildman–Crippen MR) is 129 cm³/mol. The van der Waals surface area contributed by atoms with E-state index in [4.69, 9.17) is 0 Å². The first-order valence-corrected chi connectivity index (χ1v) is 10.9. The summed E-state index contributed by atoms with van der Waals surface area (Å²) in [5, 5.41) is 6.02. The summed E-state index contributed by atoms with van der Waals surface area (Å²) in [5.41, 5.74) is 2.37. The van der Waals surface area contributed by atoms with Crippen LogP contribution in [-0.2, 0) is 0 Å². The number of rotatable bonds is 10. The number of carbonyl (C=O) groups excluding carboxylic acids is 2. The molecule has 0 saturated heterocycles. The molecule has 0 aromatic heterocycles. The molecule has 2 N–H and O–H groups in total. The van der Waals surface area contributed by atoms with Crippen LogP contribution in [0.5, 0.6) is 0 Å². The Morgan fingerprint density at radius 1 is 0.781 bits per heavy atom. The van der Waals surface area contributed by atoms with Gasteiger partial charge >= 0.3 is 6.03 Å². The van der Waals surface area contributed by atoms with E-state index in [1.165, 1.54) is 0 Å². The van der Waals surface area contributed by atoms with Gasteiger partial charge in [0.2, 0.25) is 0 Å². The molecule has 166 valence electrons. The Morgan fingerprint density at radius 3 is 1.88 bits per heavy atom. The smallest absolute Gasteiger partial charge is 0.315 e. The molecule has 32 heavy (non-hydrogen) atoms. The van der Waals surface area contributed by atoms with E-state index in [-0.39, 0.29) is 11.8 Å². The molecule has 0 fully saturated rings. The van der Waals surface area contributed by atoms with Gasteiger partial charge in [-0.25, -0.2) is 4.79 Å². The minimum absolute atomic E-state index is 0.0291. The first-order chi connectivity index (χ1) is 15.6. The predicted octanol–water partition coefficient (Wildman–Crippen LogP) is 4.65. The highest BCUT2D eigenvalue weighted by Crippen LogP contribution is 2.34. The van der Waals surface area contributed by atoms with Gasteiger partial charge in [0.25, 0.3) is 0 Å². The van der Waals surface area contributed by atoms with Crippen molar-refractivity contribution >= 4 is 11.8 Å². The maximum absolute atomic E-state index is 13.7. The Balaban J connectivity index is 1.91. The van der Waals surface area contributed by atoms with Gasteiger partial charge in [-0.1, -0.05) is 91.0 Å². The zero-order chi connectivity index (χ0) is 22.8. The van der Waals surface area contributed by atoms with Gasteiger partial charge in [0, 0.05) is 12.1 Å². The molecule has 0 bridgehead atoms. The number of amides is 2. The molecule has 2 amide bonds. The van der Waals surface area contributed by atoms with Crippen LogP contribution in [0.3, 0.4) is 0 Å². The van der Waals surface area contributed by atoms with E-state index in [1.807, 2.05) is 105 Å². The first-order valence-electron chi connectivity index (χ1n) is 10.9. The van der Waals surface area contributed by atoms with Gasteiger partial charge in [-0.2, -0.15) is 0 Å². The topological polar surface area (TPSA) is 61.4 Å². The van der Waals surface area contributed by atoms with E-state index in [2.05, 4.69) is 15.5 Å². The van der Waals surface area contributed by atoms with E-state index in [1.54, 1.807) is 0 Å². The normalized spacial score (nSPS) is 12.7. The number of hydrogen-bond donors (Lipinski definition) is 2. The average molecular weight is 430 g/mol. The second kappa shape index (κ2) is 11.8. The fourth-order valence-electron chi connectivity index (χ4n) is 3.75. The highest BCUT2D eigenvalue weighted by atomic mass is 16.2. The maximum Gasteiger partial charge on any atom is 0.315 e. The third kappa shape index (κ3) is 6.53. The van der Waals surface area contributed by atoms with Crippen molar-refractivity contribution in [1.29, 1.82) is 0 Å². The Morgan fingerprint density at radius 2 is 1.31 bits per heavy atom. The molecule has 5 nitrogen and oxygen atoms in total. The highest BCUT2D eigenvalue weighted by molar-refractivity contribution is 6.02. The van der Waals surface area contributed by atoms with Crippen molar-refractivity contribution in [1.82, 2.24) is 15.5 Å². The third-order valence-electron chi connectivity index (χ3n) is 5.35. The van der Waals surface area contributed by atoms with Crippen LogP contribution in [0.25, 0.3) is 0 Å². The van der Waals surface area contributed by atoms with Crippen molar-refractivity contribution in [2.45, 2.75) is 18.4 Å². The molecule has 0 aliphatic heterocycles. The van der Waals surface area contributed by atoms with Crippen LogP contribution in [0.1, 0.15) is 39.9 Å². The van der Waals surface area contributed by atoms with Gasteiger partial charge in [0.15, 0.2) is 5.78 Å². The van der Waals surface area contributed by atoms with Crippen molar-refractivity contribution in [3.8, 4) is 0 Å². The van der Waals surface area contributed by atoms with Crippen molar-refractivity contribution < 1.29 is 9.59 Å². The van der Waals surface area contributed by atoms with E-state index in [0.717, 1.165) is 24.1 Å². The molecular weight excluding hydrogens is 398 g/mol. The second-order valence-corrected chi connectivity index (χ2v) is 8.06. The monoisotopic (exact) mass is 429 g/mol. The van der Waals surface area contributed by atoms with Gasteiger partial charge in [0.05, 0.1) is 12.0 Å². The average Bonchev–Trinajstić information content (AvgIpc) is 2.83. The molecule has 0 radical (unpaired) electrons. The number of benzene rings is 3. The molecule has 0 heterocycles. The SMILES string of the molecule is CN(C)CCCNC(=O)NC(c1ccccc1)C(C(=O)c1ccccc1)c1ccccc1. The van der Waals surface area contributed by atoms with Crippen LogP contribution in [0.15, 0.2) is 91.0 Å². The summed E-state index contributed by atoms with van der Waals surface area (Å²) < 4.78 is 0. The lowest BCUT2D eigenvalue weighted by Crippen LogP contribution is -2.42. The summed E-state index contributed by atoms with van der Waals surface area (Å²) in [5.74, 6) is -0.591. The molecule has 2 atom stereocenters. The van der Waals surface area contributed by atoms with Crippen LogP contribution in [0, 0.1) is 0 Å². The third-order valence-corrected chi connectivity index (χ3v) is 5.35. The first kappa shape index (κ1) is 23.2. The highest BCUT2D eigenvalue weighted by Gasteiger charge is 2.33. The number of nitrogens with one attached hydrogen (secondary N) is 2. The number of ketones is 1. The number of hydrogen-bond acceptors (Lipinski definition) is 3. The van der Waals surface area contributed by atoms with Crippen LogP contribution >= 0.6 is 0 Å². The van der Waals surface area contributed by atoms with Crippen LogP contribution in [0.4, 0.5) is 4.79 Å². The molecule has 0 aliphatic rings. The van der Waals surface area contributed by atoms with E-state index in [9.17, 15) is 9.59 Å². The number of Topliss-reactive ketones (excluding diaryl/α,β-unsaturated/α-hetero) is 1. The van der Waals surface area contributed by atoms with Gasteiger partial charge in [-0.15, -0.1) is 0 Å². The fraction of sp³-hybridized carbons (Fsp3) is 0.259. The standard InChI is InChI=1S/C27H31N3O2/c1-30(2)20-12-19-28-27(32)29-25(22-15-8-4-9-16-22)24(21-13-6-3-7-14-21)26(31)23-17-10-5-11-18-23/h3-11,13-18,24-25H,12,19-20H2,1-2H3,(H2,28,29,32). The Hall–Kier alpha value is -3.44. The van der Waals surface area contributed by atoms with Gasteiger partial charge in [0.1, 0.15) is 0 Å². The minimum atomic E-state index is -0.562. The molecule has 0 saturated carbocycles. The van der Waals surface area contributed by atoms with Crippen molar-refractivity contribution in [3.05, 3.63) is 108 Å². The number of urea groups is 1. The van der Waals surface area contributed by atoms with Crippen LogP contribution in [0.2, 0.25) is 0 Å². The lowest BCUT2D eigenvalue weighted by molar-refractivity contribution is 0.0941. The van der Waals surface area contributed by atoms with E-state index >= 15 is 0 Å². The molecule has 3 aromatic rings. The molecule has 0 spiro atoms. The van der Waals surface area contributed by atoms with Crippen molar-refractivity contribution in [2.24, 2.45) is 0 Å². The summed E-state index contributed by atoms with van der Waals surface area (Å²) in [6, 6.07) is 27.8. The molecule has 3 rings (SSSR count). The Kier molecular flexibility index (Phi) is 8.58. The Labute approximate surface area is 190 Å². The fourth-order valence-corrected chi connectivity index (χ4v) is 3.75. The van der Waals surface area contributed by atoms with Gasteiger partial charge in [-0.3, -0.25) is 4.79 Å². The zero-order valence-corrected chi connectivity index (χ0v) is 18.7. The number of nitrogens with zero attached hydrogens (tertiary/aromatic N) is 1. The summed E-state index contributed by atoms with van der Waals surface area (Å²) in [7, 11) is 4.01. The summed E-state index contributed by atoms with van der Waals surface area (Å²) in [4.78, 5) is 28.6. The van der Waals surface area contributed by atoms with Crippen LogP contribution in [-0.4, -0.2) is 43.9 Å². The largest absolute Gasteiger partial charge is 0.338 e. The quantitative estimate of drug-likeness (QED) is 0.364. The van der Waals surface area contributed by atoms with E-state index in [0.29, 0.717) is 12.1 Å².